The summed E-state index contributed by atoms with van der Waals surface area (Å²) in [6.07, 6.45) is 5.25. The van der Waals surface area contributed by atoms with Crippen LogP contribution in [0, 0.1) is 0 Å². The molecule has 5 heteroatoms. The maximum atomic E-state index is 5.91. The molecule has 1 aromatic carbocycles. The fourth-order valence-electron chi connectivity index (χ4n) is 2.86. The fraction of sp³-hybridized carbons (Fsp3) is 0.500. The predicted octanol–water partition coefficient (Wildman–Crippen LogP) is 2.61. The van der Waals surface area contributed by atoms with Crippen LogP contribution < -0.4 is 10.6 Å². The normalized spacial score (nSPS) is 19.1. The van der Waals surface area contributed by atoms with Crippen molar-refractivity contribution in [2.24, 2.45) is 0 Å². The molecule has 1 aliphatic rings. The van der Waals surface area contributed by atoms with Crippen molar-refractivity contribution in [1.82, 2.24) is 9.97 Å². The van der Waals surface area contributed by atoms with Crippen LogP contribution in [0.4, 0.5) is 11.5 Å². The number of hydrogen-bond donors (Lipinski definition) is 1. The van der Waals surface area contributed by atoms with Gasteiger partial charge in [-0.2, -0.15) is 0 Å². The van der Waals surface area contributed by atoms with Crippen LogP contribution in [-0.4, -0.2) is 35.8 Å². The molecule has 0 spiro atoms. The summed E-state index contributed by atoms with van der Waals surface area (Å²) < 4.78 is 5.91. The van der Waals surface area contributed by atoms with Gasteiger partial charge in [-0.3, -0.25) is 0 Å². The number of ether oxygens (including phenoxy) is 1. The van der Waals surface area contributed by atoms with Crippen molar-refractivity contribution in [3.05, 3.63) is 24.5 Å². The Morgan fingerprint density at radius 2 is 2.29 bits per heavy atom. The average molecular weight is 286 g/mol. The molecule has 0 aliphatic carbocycles. The molecule has 1 unspecified atom stereocenters. The summed E-state index contributed by atoms with van der Waals surface area (Å²) in [5, 5.41) is 1.06. The Balaban J connectivity index is 1.86. The van der Waals surface area contributed by atoms with Gasteiger partial charge in [0.05, 0.1) is 11.6 Å². The molecule has 2 N–H and O–H groups in total. The van der Waals surface area contributed by atoms with Gasteiger partial charge < -0.3 is 15.4 Å². The maximum absolute atomic E-state index is 5.91. The van der Waals surface area contributed by atoms with Crippen molar-refractivity contribution in [2.75, 3.05) is 30.3 Å². The third kappa shape index (κ3) is 3.08. The third-order valence-electron chi connectivity index (χ3n) is 3.87. The van der Waals surface area contributed by atoms with Crippen molar-refractivity contribution in [2.45, 2.75) is 32.3 Å². The largest absolute Gasteiger partial charge is 0.399 e. The maximum Gasteiger partial charge on any atom is 0.139 e. The van der Waals surface area contributed by atoms with Crippen LogP contribution in [0.3, 0.4) is 0 Å². The quantitative estimate of drug-likeness (QED) is 0.875. The highest BCUT2D eigenvalue weighted by molar-refractivity contribution is 5.91. The lowest BCUT2D eigenvalue weighted by Crippen LogP contribution is -2.40. The number of benzene rings is 1. The molecule has 2 heterocycles. The standard InChI is InChI=1S/C16H22N4O/c1-2-8-21-13-4-3-7-20(10-13)16-14-6-5-12(17)9-15(14)18-11-19-16/h5-6,9,11,13H,2-4,7-8,10,17H2,1H3. The molecule has 0 saturated carbocycles. The summed E-state index contributed by atoms with van der Waals surface area (Å²) in [7, 11) is 0. The van der Waals surface area contributed by atoms with Crippen LogP contribution in [0.2, 0.25) is 0 Å². The smallest absolute Gasteiger partial charge is 0.139 e. The SMILES string of the molecule is CCCOC1CCCN(c2ncnc3cc(N)ccc23)C1. The number of aromatic nitrogens is 2. The first kappa shape index (κ1) is 14.1. The van der Waals surface area contributed by atoms with Crippen molar-refractivity contribution >= 4 is 22.4 Å². The lowest BCUT2D eigenvalue weighted by molar-refractivity contribution is 0.0439. The van der Waals surface area contributed by atoms with E-state index in [1.807, 2.05) is 18.2 Å². The highest BCUT2D eigenvalue weighted by atomic mass is 16.5. The van der Waals surface area contributed by atoms with E-state index in [-0.39, 0.29) is 0 Å². The summed E-state index contributed by atoms with van der Waals surface area (Å²) in [5.74, 6) is 0.991. The Hall–Kier alpha value is -1.88. The van der Waals surface area contributed by atoms with E-state index in [0.29, 0.717) is 6.10 Å². The molecule has 0 bridgehead atoms. The van der Waals surface area contributed by atoms with E-state index in [4.69, 9.17) is 10.5 Å². The van der Waals surface area contributed by atoms with E-state index in [0.717, 1.165) is 61.4 Å². The Labute approximate surface area is 125 Å². The molecule has 112 valence electrons. The number of nitrogens with zero attached hydrogens (tertiary/aromatic N) is 3. The summed E-state index contributed by atoms with van der Waals surface area (Å²) >= 11 is 0. The minimum absolute atomic E-state index is 0.303. The first-order valence-electron chi connectivity index (χ1n) is 7.64. The lowest BCUT2D eigenvalue weighted by Gasteiger charge is -2.33. The highest BCUT2D eigenvalue weighted by Crippen LogP contribution is 2.27. The first-order chi connectivity index (χ1) is 10.3. The van der Waals surface area contributed by atoms with E-state index in [2.05, 4.69) is 21.8 Å². The molecular weight excluding hydrogens is 264 g/mol. The molecule has 0 radical (unpaired) electrons. The number of fused-ring (bicyclic) bond motifs is 1. The second kappa shape index (κ2) is 6.26. The molecule has 1 aromatic heterocycles. The second-order valence-corrected chi connectivity index (χ2v) is 5.55. The molecule has 1 aliphatic heterocycles. The topological polar surface area (TPSA) is 64.3 Å². The van der Waals surface area contributed by atoms with Gasteiger partial charge in [0.25, 0.3) is 0 Å². The van der Waals surface area contributed by atoms with Crippen LogP contribution >= 0.6 is 0 Å². The van der Waals surface area contributed by atoms with Crippen molar-refractivity contribution in [1.29, 1.82) is 0 Å². The van der Waals surface area contributed by atoms with Crippen LogP contribution in [-0.2, 0) is 4.74 Å². The predicted molar refractivity (Wildman–Crippen MR) is 85.4 cm³/mol. The Morgan fingerprint density at radius 3 is 3.14 bits per heavy atom. The molecule has 21 heavy (non-hydrogen) atoms. The summed E-state index contributed by atoms with van der Waals surface area (Å²) in [6.45, 7) is 4.89. The van der Waals surface area contributed by atoms with Gasteiger partial charge in [0.2, 0.25) is 0 Å². The van der Waals surface area contributed by atoms with Gasteiger partial charge in [-0.25, -0.2) is 9.97 Å². The Kier molecular flexibility index (Phi) is 4.20. The van der Waals surface area contributed by atoms with Gasteiger partial charge in [0.1, 0.15) is 12.1 Å². The van der Waals surface area contributed by atoms with E-state index >= 15 is 0 Å². The zero-order chi connectivity index (χ0) is 14.7. The van der Waals surface area contributed by atoms with Gasteiger partial charge in [-0.1, -0.05) is 6.92 Å². The van der Waals surface area contributed by atoms with Crippen LogP contribution in [0.5, 0.6) is 0 Å². The number of piperidine rings is 1. The Bertz CT molecular complexity index is 616. The van der Waals surface area contributed by atoms with E-state index in [1.54, 1.807) is 6.33 Å². The zero-order valence-electron chi connectivity index (χ0n) is 12.5. The van der Waals surface area contributed by atoms with Crippen LogP contribution in [0.1, 0.15) is 26.2 Å². The molecule has 5 nitrogen and oxygen atoms in total. The zero-order valence-corrected chi connectivity index (χ0v) is 12.5. The van der Waals surface area contributed by atoms with E-state index in [1.165, 1.54) is 0 Å². The molecule has 3 rings (SSSR count). The number of hydrogen-bond acceptors (Lipinski definition) is 5. The van der Waals surface area contributed by atoms with Crippen molar-refractivity contribution < 1.29 is 4.74 Å². The van der Waals surface area contributed by atoms with Crippen LogP contribution in [0.15, 0.2) is 24.5 Å². The number of rotatable bonds is 4. The summed E-state index contributed by atoms with van der Waals surface area (Å²) in [4.78, 5) is 11.1. The number of anilines is 2. The van der Waals surface area contributed by atoms with Gasteiger partial charge in [0.15, 0.2) is 0 Å². The fourth-order valence-corrected chi connectivity index (χ4v) is 2.86. The summed E-state index contributed by atoms with van der Waals surface area (Å²) in [5.41, 5.74) is 7.47. The van der Waals surface area contributed by atoms with Crippen molar-refractivity contribution in [3.8, 4) is 0 Å². The monoisotopic (exact) mass is 286 g/mol. The first-order valence-corrected chi connectivity index (χ1v) is 7.64. The summed E-state index contributed by atoms with van der Waals surface area (Å²) in [6, 6.07) is 5.82. The van der Waals surface area contributed by atoms with Gasteiger partial charge in [-0.15, -0.1) is 0 Å². The molecule has 0 amide bonds. The lowest BCUT2D eigenvalue weighted by atomic mass is 10.1. The average Bonchev–Trinajstić information content (AvgIpc) is 2.52. The molecular formula is C16H22N4O. The van der Waals surface area contributed by atoms with Crippen LogP contribution in [0.25, 0.3) is 10.9 Å². The molecule has 1 atom stereocenters. The molecule has 1 saturated heterocycles. The highest BCUT2D eigenvalue weighted by Gasteiger charge is 2.22. The van der Waals surface area contributed by atoms with E-state index < -0.39 is 0 Å². The van der Waals surface area contributed by atoms with Gasteiger partial charge in [-0.05, 0) is 37.5 Å². The van der Waals surface area contributed by atoms with E-state index in [9.17, 15) is 0 Å². The number of nitrogens with two attached hydrogens (primary N) is 1. The Morgan fingerprint density at radius 1 is 1.38 bits per heavy atom. The van der Waals surface area contributed by atoms with Gasteiger partial charge >= 0.3 is 0 Å². The minimum atomic E-state index is 0.303. The molecule has 1 fully saturated rings. The van der Waals surface area contributed by atoms with Crippen molar-refractivity contribution in [3.63, 3.8) is 0 Å². The minimum Gasteiger partial charge on any atom is -0.399 e. The molecule has 2 aromatic rings. The number of nitrogen functional groups attached to an aromatic ring is 1. The second-order valence-electron chi connectivity index (χ2n) is 5.55. The van der Waals surface area contributed by atoms with Gasteiger partial charge in [0, 0.05) is 30.8 Å². The third-order valence-corrected chi connectivity index (χ3v) is 3.87.